The van der Waals surface area contributed by atoms with Crippen LogP contribution in [0.25, 0.3) is 0 Å². The number of halogens is 1. The van der Waals surface area contributed by atoms with E-state index >= 15 is 0 Å². The second-order valence-electron chi connectivity index (χ2n) is 7.79. The lowest BCUT2D eigenvalue weighted by atomic mass is 9.86. The number of nitrogens with zero attached hydrogens (tertiary/aromatic N) is 1. The molecular formula is C18H33ClN2O. The van der Waals surface area contributed by atoms with Gasteiger partial charge in [-0.2, -0.15) is 0 Å². The third-order valence-corrected chi connectivity index (χ3v) is 6.06. The number of hydrogen-bond donors (Lipinski definition) is 1. The molecule has 0 spiro atoms. The van der Waals surface area contributed by atoms with Gasteiger partial charge in [0.15, 0.2) is 0 Å². The summed E-state index contributed by atoms with van der Waals surface area (Å²) in [5.74, 6) is 1.90. The second kappa shape index (κ2) is 8.54. The Balaban J connectivity index is 0.00000176. The lowest BCUT2D eigenvalue weighted by Crippen LogP contribution is -2.40. The van der Waals surface area contributed by atoms with Crippen molar-refractivity contribution in [3.63, 3.8) is 0 Å². The molecule has 2 atom stereocenters. The van der Waals surface area contributed by atoms with Gasteiger partial charge in [-0.3, -0.25) is 4.79 Å². The highest BCUT2D eigenvalue weighted by Crippen LogP contribution is 2.33. The lowest BCUT2D eigenvalue weighted by Gasteiger charge is -2.30. The number of piperidine rings is 1. The summed E-state index contributed by atoms with van der Waals surface area (Å²) in [7, 11) is 2.01. The summed E-state index contributed by atoms with van der Waals surface area (Å²) in [6.45, 7) is 0.974. The Morgan fingerprint density at radius 1 is 1.00 bits per heavy atom. The lowest BCUT2D eigenvalue weighted by molar-refractivity contribution is -0.131. The van der Waals surface area contributed by atoms with Crippen molar-refractivity contribution in [3.05, 3.63) is 0 Å². The summed E-state index contributed by atoms with van der Waals surface area (Å²) in [6, 6.07) is 1.41. The molecule has 3 nitrogen and oxygen atoms in total. The van der Waals surface area contributed by atoms with Gasteiger partial charge >= 0.3 is 0 Å². The smallest absolute Gasteiger partial charge is 0.222 e. The Morgan fingerprint density at radius 2 is 1.64 bits per heavy atom. The van der Waals surface area contributed by atoms with E-state index in [-0.39, 0.29) is 12.4 Å². The molecule has 0 aromatic heterocycles. The average Bonchev–Trinajstić information content (AvgIpc) is 2.84. The molecule has 3 rings (SSSR count). The van der Waals surface area contributed by atoms with E-state index < -0.39 is 0 Å². The van der Waals surface area contributed by atoms with Crippen molar-refractivity contribution in [1.82, 2.24) is 10.2 Å². The molecule has 2 unspecified atom stereocenters. The summed E-state index contributed by atoms with van der Waals surface area (Å²) in [4.78, 5) is 14.4. The van der Waals surface area contributed by atoms with Crippen LogP contribution in [-0.2, 0) is 4.79 Å². The summed E-state index contributed by atoms with van der Waals surface area (Å²) >= 11 is 0. The number of rotatable bonds is 5. The molecule has 1 saturated carbocycles. The van der Waals surface area contributed by atoms with E-state index in [1.54, 1.807) is 0 Å². The van der Waals surface area contributed by atoms with Gasteiger partial charge in [-0.25, -0.2) is 0 Å². The van der Waals surface area contributed by atoms with Crippen LogP contribution < -0.4 is 5.32 Å². The van der Waals surface area contributed by atoms with Gasteiger partial charge < -0.3 is 10.2 Å². The van der Waals surface area contributed by atoms with Crippen molar-refractivity contribution in [2.24, 2.45) is 11.8 Å². The molecular weight excluding hydrogens is 296 g/mol. The Labute approximate surface area is 142 Å². The van der Waals surface area contributed by atoms with Crippen LogP contribution in [0.3, 0.4) is 0 Å². The summed E-state index contributed by atoms with van der Waals surface area (Å²) in [5, 5.41) is 3.67. The van der Waals surface area contributed by atoms with Crippen LogP contribution in [0.5, 0.6) is 0 Å². The van der Waals surface area contributed by atoms with Gasteiger partial charge in [0.2, 0.25) is 5.91 Å². The minimum atomic E-state index is 0. The maximum Gasteiger partial charge on any atom is 0.222 e. The molecule has 0 aromatic carbocycles. The first kappa shape index (κ1) is 18.1. The molecule has 2 aliphatic heterocycles. The fourth-order valence-corrected chi connectivity index (χ4v) is 4.72. The predicted molar refractivity (Wildman–Crippen MR) is 93.4 cm³/mol. The molecule has 2 saturated heterocycles. The van der Waals surface area contributed by atoms with Crippen LogP contribution in [0.15, 0.2) is 0 Å². The zero-order valence-corrected chi connectivity index (χ0v) is 14.9. The molecule has 0 radical (unpaired) electrons. The van der Waals surface area contributed by atoms with E-state index in [0.717, 1.165) is 18.9 Å². The SMILES string of the molecule is CN(CCC1CCCCC1)C(=O)CC1CC2CCC(C1)N2.Cl. The van der Waals surface area contributed by atoms with Crippen molar-refractivity contribution in [2.75, 3.05) is 13.6 Å². The molecule has 4 heteroatoms. The van der Waals surface area contributed by atoms with Crippen molar-refractivity contribution >= 4 is 18.3 Å². The van der Waals surface area contributed by atoms with E-state index in [4.69, 9.17) is 0 Å². The van der Waals surface area contributed by atoms with Crippen LogP contribution in [0.1, 0.15) is 70.6 Å². The van der Waals surface area contributed by atoms with Crippen LogP contribution in [0, 0.1) is 11.8 Å². The van der Waals surface area contributed by atoms with Gasteiger partial charge in [0.05, 0.1) is 0 Å². The third-order valence-electron chi connectivity index (χ3n) is 6.06. The van der Waals surface area contributed by atoms with E-state index in [1.807, 2.05) is 11.9 Å². The first-order chi connectivity index (χ1) is 10.2. The first-order valence-electron chi connectivity index (χ1n) is 9.20. The minimum Gasteiger partial charge on any atom is -0.346 e. The number of amides is 1. The van der Waals surface area contributed by atoms with Crippen molar-refractivity contribution in [1.29, 1.82) is 0 Å². The predicted octanol–water partition coefficient (Wildman–Crippen LogP) is 3.76. The van der Waals surface area contributed by atoms with E-state index in [2.05, 4.69) is 5.32 Å². The molecule has 3 aliphatic rings. The summed E-state index contributed by atoms with van der Waals surface area (Å²) < 4.78 is 0. The molecule has 128 valence electrons. The zero-order valence-electron chi connectivity index (χ0n) is 14.1. The Morgan fingerprint density at radius 3 is 2.27 bits per heavy atom. The molecule has 3 fully saturated rings. The second-order valence-corrected chi connectivity index (χ2v) is 7.79. The number of nitrogens with one attached hydrogen (secondary N) is 1. The quantitative estimate of drug-likeness (QED) is 0.833. The monoisotopic (exact) mass is 328 g/mol. The first-order valence-corrected chi connectivity index (χ1v) is 9.20. The highest BCUT2D eigenvalue weighted by Gasteiger charge is 2.34. The van der Waals surface area contributed by atoms with Gasteiger partial charge in [0.25, 0.3) is 0 Å². The maximum absolute atomic E-state index is 12.4. The number of carbonyl (C=O) groups excluding carboxylic acids is 1. The Hall–Kier alpha value is -0.280. The molecule has 2 bridgehead atoms. The fourth-order valence-electron chi connectivity index (χ4n) is 4.72. The third kappa shape index (κ3) is 4.86. The van der Waals surface area contributed by atoms with Crippen LogP contribution in [-0.4, -0.2) is 36.5 Å². The molecule has 22 heavy (non-hydrogen) atoms. The standard InChI is InChI=1S/C18H32N2O.ClH/c1-20(10-9-14-5-3-2-4-6-14)18(21)13-15-11-16-7-8-17(12-15)19-16;/h14-17,19H,2-13H2,1H3;1H. The fraction of sp³-hybridized carbons (Fsp3) is 0.944. The van der Waals surface area contributed by atoms with Gasteiger partial charge in [0.1, 0.15) is 0 Å². The van der Waals surface area contributed by atoms with Crippen molar-refractivity contribution in [2.45, 2.75) is 82.7 Å². The van der Waals surface area contributed by atoms with Gasteiger partial charge in [-0.1, -0.05) is 32.1 Å². The Kier molecular flexibility index (Phi) is 7.01. The van der Waals surface area contributed by atoms with E-state index in [9.17, 15) is 4.79 Å². The number of hydrogen-bond acceptors (Lipinski definition) is 2. The van der Waals surface area contributed by atoms with Crippen molar-refractivity contribution < 1.29 is 4.79 Å². The largest absolute Gasteiger partial charge is 0.346 e. The van der Waals surface area contributed by atoms with Crippen LogP contribution in [0.4, 0.5) is 0 Å². The summed E-state index contributed by atoms with van der Waals surface area (Å²) in [5.41, 5.74) is 0. The molecule has 2 heterocycles. The van der Waals surface area contributed by atoms with E-state index in [1.165, 1.54) is 64.2 Å². The van der Waals surface area contributed by atoms with Crippen molar-refractivity contribution in [3.8, 4) is 0 Å². The average molecular weight is 329 g/mol. The van der Waals surface area contributed by atoms with E-state index in [0.29, 0.717) is 23.9 Å². The summed E-state index contributed by atoms with van der Waals surface area (Å²) in [6.07, 6.45) is 14.1. The van der Waals surface area contributed by atoms with Gasteiger partial charge in [0, 0.05) is 32.1 Å². The number of fused-ring (bicyclic) bond motifs is 2. The topological polar surface area (TPSA) is 32.3 Å². The Bertz CT molecular complexity index is 345. The maximum atomic E-state index is 12.4. The molecule has 1 aliphatic carbocycles. The minimum absolute atomic E-state index is 0. The normalized spacial score (nSPS) is 31.6. The zero-order chi connectivity index (χ0) is 14.7. The molecule has 1 N–H and O–H groups in total. The number of carbonyl (C=O) groups is 1. The van der Waals surface area contributed by atoms with Crippen LogP contribution in [0.2, 0.25) is 0 Å². The highest BCUT2D eigenvalue weighted by molar-refractivity contribution is 5.85. The molecule has 0 aromatic rings. The molecule has 1 amide bonds. The van der Waals surface area contributed by atoms with Gasteiger partial charge in [-0.05, 0) is 43.9 Å². The highest BCUT2D eigenvalue weighted by atomic mass is 35.5. The van der Waals surface area contributed by atoms with Gasteiger partial charge in [-0.15, -0.1) is 12.4 Å². The van der Waals surface area contributed by atoms with Crippen LogP contribution >= 0.6 is 12.4 Å².